The topological polar surface area (TPSA) is 56.7 Å². The van der Waals surface area contributed by atoms with Crippen LogP contribution in [0.25, 0.3) is 0 Å². The third-order valence-corrected chi connectivity index (χ3v) is 3.14. The Balaban J connectivity index is 2.59. The molecule has 1 aromatic rings. The van der Waals surface area contributed by atoms with Crippen LogP contribution in [0.3, 0.4) is 0 Å². The first kappa shape index (κ1) is 18.8. The molecule has 1 amide bonds. The van der Waals surface area contributed by atoms with Crippen LogP contribution in [0.4, 0.5) is 18.9 Å². The van der Waals surface area contributed by atoms with E-state index < -0.39 is 29.0 Å². The largest absolute Gasteiger partial charge is 0.347 e. The maximum atomic E-state index is 13.5. The van der Waals surface area contributed by atoms with Crippen LogP contribution in [0.2, 0.25) is 0 Å². The maximum absolute atomic E-state index is 13.5. The van der Waals surface area contributed by atoms with Crippen LogP contribution < -0.4 is 10.6 Å². The molecule has 0 bridgehead atoms. The number of rotatable bonds is 6. The zero-order valence-electron chi connectivity index (χ0n) is 13.4. The van der Waals surface area contributed by atoms with Gasteiger partial charge in [-0.3, -0.25) is 9.79 Å². The van der Waals surface area contributed by atoms with E-state index in [2.05, 4.69) is 22.5 Å². The van der Waals surface area contributed by atoms with Crippen LogP contribution in [-0.2, 0) is 4.79 Å². The number of amides is 1. The van der Waals surface area contributed by atoms with Crippen molar-refractivity contribution in [1.82, 2.24) is 10.2 Å². The van der Waals surface area contributed by atoms with E-state index in [1.54, 1.807) is 7.05 Å². The number of hydrogen-bond acceptors (Lipinski definition) is 2. The summed E-state index contributed by atoms with van der Waals surface area (Å²) in [4.78, 5) is 17.7. The van der Waals surface area contributed by atoms with Crippen molar-refractivity contribution in [3.05, 3.63) is 29.6 Å². The predicted molar refractivity (Wildman–Crippen MR) is 83.8 cm³/mol. The van der Waals surface area contributed by atoms with Crippen molar-refractivity contribution >= 4 is 17.6 Å². The van der Waals surface area contributed by atoms with E-state index in [9.17, 15) is 18.0 Å². The van der Waals surface area contributed by atoms with Gasteiger partial charge in [0, 0.05) is 20.6 Å². The van der Waals surface area contributed by atoms with Gasteiger partial charge in [-0.2, -0.15) is 0 Å². The highest BCUT2D eigenvalue weighted by Gasteiger charge is 2.15. The highest BCUT2D eigenvalue weighted by Crippen LogP contribution is 2.19. The van der Waals surface area contributed by atoms with Crippen molar-refractivity contribution < 1.29 is 18.0 Å². The van der Waals surface area contributed by atoms with E-state index in [-0.39, 0.29) is 6.54 Å². The lowest BCUT2D eigenvalue weighted by Crippen LogP contribution is -2.42. The molecule has 1 aromatic carbocycles. The molecule has 23 heavy (non-hydrogen) atoms. The number of nitrogens with one attached hydrogen (secondary N) is 2. The molecule has 0 spiro atoms. The fourth-order valence-corrected chi connectivity index (χ4v) is 1.86. The Hall–Kier alpha value is -2.25. The molecule has 0 saturated heterocycles. The maximum Gasteiger partial charge on any atom is 0.243 e. The standard InChI is InChI=1S/C15H21F3N4O/c1-4-5-8-22(3)15(19-2)20-9-12(23)21-11-7-6-10(16)13(17)14(11)18/h6-7H,4-5,8-9H2,1-3H3,(H,19,20)(H,21,23). The van der Waals surface area contributed by atoms with Gasteiger partial charge in [0.15, 0.2) is 23.4 Å². The zero-order chi connectivity index (χ0) is 17.4. The fourth-order valence-electron chi connectivity index (χ4n) is 1.86. The molecular formula is C15H21F3N4O. The predicted octanol–water partition coefficient (Wildman–Crippen LogP) is 2.35. The number of carbonyl (C=O) groups excluding carboxylic acids is 1. The molecule has 0 atom stereocenters. The molecule has 0 aliphatic carbocycles. The van der Waals surface area contributed by atoms with Crippen molar-refractivity contribution in [3.8, 4) is 0 Å². The normalized spacial score (nSPS) is 11.3. The summed E-state index contributed by atoms with van der Waals surface area (Å²) >= 11 is 0. The van der Waals surface area contributed by atoms with E-state index in [1.165, 1.54) is 0 Å². The Morgan fingerprint density at radius 2 is 1.96 bits per heavy atom. The lowest BCUT2D eigenvalue weighted by molar-refractivity contribution is -0.115. The lowest BCUT2D eigenvalue weighted by atomic mass is 10.2. The van der Waals surface area contributed by atoms with Gasteiger partial charge in [-0.1, -0.05) is 13.3 Å². The Bertz CT molecular complexity index is 578. The van der Waals surface area contributed by atoms with Gasteiger partial charge in [0.1, 0.15) is 0 Å². The van der Waals surface area contributed by atoms with Crippen molar-refractivity contribution in [1.29, 1.82) is 0 Å². The molecule has 5 nitrogen and oxygen atoms in total. The first-order valence-electron chi connectivity index (χ1n) is 7.25. The summed E-state index contributed by atoms with van der Waals surface area (Å²) in [5.41, 5.74) is -0.412. The summed E-state index contributed by atoms with van der Waals surface area (Å²) in [7, 11) is 3.41. The second-order valence-corrected chi connectivity index (χ2v) is 4.95. The quantitative estimate of drug-likeness (QED) is 0.478. The lowest BCUT2D eigenvalue weighted by Gasteiger charge is -2.21. The van der Waals surface area contributed by atoms with Gasteiger partial charge in [0.2, 0.25) is 5.91 Å². The summed E-state index contributed by atoms with van der Waals surface area (Å²) in [6.45, 7) is 2.66. The minimum atomic E-state index is -1.62. The van der Waals surface area contributed by atoms with E-state index in [0.29, 0.717) is 5.96 Å². The summed E-state index contributed by atoms with van der Waals surface area (Å²) in [6, 6.07) is 1.72. The van der Waals surface area contributed by atoms with Crippen molar-refractivity contribution in [2.45, 2.75) is 19.8 Å². The average Bonchev–Trinajstić information content (AvgIpc) is 2.54. The number of guanidine groups is 1. The average molecular weight is 330 g/mol. The van der Waals surface area contributed by atoms with Crippen molar-refractivity contribution in [3.63, 3.8) is 0 Å². The fraction of sp³-hybridized carbons (Fsp3) is 0.467. The van der Waals surface area contributed by atoms with Gasteiger partial charge in [-0.25, -0.2) is 13.2 Å². The van der Waals surface area contributed by atoms with E-state index in [4.69, 9.17) is 0 Å². The summed E-state index contributed by atoms with van der Waals surface area (Å²) in [5.74, 6) is -4.44. The molecule has 0 aliphatic rings. The molecule has 0 radical (unpaired) electrons. The van der Waals surface area contributed by atoms with Crippen LogP contribution in [0.1, 0.15) is 19.8 Å². The highest BCUT2D eigenvalue weighted by molar-refractivity contribution is 5.95. The first-order chi connectivity index (χ1) is 10.9. The number of hydrogen-bond donors (Lipinski definition) is 2. The Morgan fingerprint density at radius 3 is 2.57 bits per heavy atom. The molecule has 1 rings (SSSR count). The van der Waals surface area contributed by atoms with Gasteiger partial charge >= 0.3 is 0 Å². The molecule has 0 heterocycles. The number of nitrogens with zero attached hydrogens (tertiary/aromatic N) is 2. The third-order valence-electron chi connectivity index (χ3n) is 3.14. The second kappa shape index (κ2) is 9.02. The van der Waals surface area contributed by atoms with Gasteiger partial charge in [0.25, 0.3) is 0 Å². The van der Waals surface area contributed by atoms with Gasteiger partial charge in [0.05, 0.1) is 12.2 Å². The molecule has 0 aromatic heterocycles. The summed E-state index contributed by atoms with van der Waals surface area (Å²) in [6.07, 6.45) is 2.00. The molecule has 0 unspecified atom stereocenters. The monoisotopic (exact) mass is 330 g/mol. The summed E-state index contributed by atoms with van der Waals surface area (Å²) in [5, 5.41) is 5.00. The number of anilines is 1. The smallest absolute Gasteiger partial charge is 0.243 e. The zero-order valence-corrected chi connectivity index (χ0v) is 13.4. The number of aliphatic imine (C=N–C) groups is 1. The highest BCUT2D eigenvalue weighted by atomic mass is 19.2. The summed E-state index contributed by atoms with van der Waals surface area (Å²) < 4.78 is 39.4. The molecule has 0 fully saturated rings. The third kappa shape index (κ3) is 5.46. The van der Waals surface area contributed by atoms with Crippen LogP contribution in [0.15, 0.2) is 17.1 Å². The van der Waals surface area contributed by atoms with Crippen molar-refractivity contribution in [2.24, 2.45) is 4.99 Å². The van der Waals surface area contributed by atoms with Crippen LogP contribution in [0.5, 0.6) is 0 Å². The van der Waals surface area contributed by atoms with Gasteiger partial charge < -0.3 is 15.5 Å². The number of halogens is 3. The molecule has 2 N–H and O–H groups in total. The number of carbonyl (C=O) groups is 1. The van der Waals surface area contributed by atoms with E-state index in [0.717, 1.165) is 31.5 Å². The SMILES string of the molecule is CCCCN(C)C(=NC)NCC(=O)Nc1ccc(F)c(F)c1F. The molecule has 0 saturated carbocycles. The molecule has 0 aliphatic heterocycles. The van der Waals surface area contributed by atoms with E-state index in [1.807, 2.05) is 11.9 Å². The molecular weight excluding hydrogens is 309 g/mol. The molecule has 128 valence electrons. The minimum absolute atomic E-state index is 0.179. The van der Waals surface area contributed by atoms with Crippen LogP contribution >= 0.6 is 0 Å². The van der Waals surface area contributed by atoms with Crippen LogP contribution in [-0.4, -0.2) is 44.0 Å². The number of unbranched alkanes of at least 4 members (excludes halogenated alkanes) is 1. The Labute approximate surface area is 133 Å². The Kier molecular flexibility index (Phi) is 7.37. The van der Waals surface area contributed by atoms with Crippen LogP contribution in [0, 0.1) is 17.5 Å². The van der Waals surface area contributed by atoms with Gasteiger partial charge in [-0.15, -0.1) is 0 Å². The minimum Gasteiger partial charge on any atom is -0.347 e. The second-order valence-electron chi connectivity index (χ2n) is 4.95. The Morgan fingerprint density at radius 1 is 1.26 bits per heavy atom. The first-order valence-corrected chi connectivity index (χ1v) is 7.25. The van der Waals surface area contributed by atoms with E-state index >= 15 is 0 Å². The van der Waals surface area contributed by atoms with Gasteiger partial charge in [-0.05, 0) is 18.6 Å². The van der Waals surface area contributed by atoms with Crippen molar-refractivity contribution in [2.75, 3.05) is 32.5 Å². The number of benzene rings is 1. The molecule has 8 heteroatoms.